The molecule has 1 aliphatic heterocycles. The largest absolute Gasteiger partial charge is 0.356 e. The third-order valence-electron chi connectivity index (χ3n) is 4.40. The number of likely N-dealkylation sites (N-methyl/N-ethyl adjacent to an activating group) is 1. The van der Waals surface area contributed by atoms with Gasteiger partial charge in [-0.15, -0.1) is 0 Å². The van der Waals surface area contributed by atoms with Gasteiger partial charge >= 0.3 is 0 Å². The number of aromatic nitrogens is 2. The molecule has 7 nitrogen and oxygen atoms in total. The second-order valence-corrected chi connectivity index (χ2v) is 6.81. The van der Waals surface area contributed by atoms with Crippen molar-refractivity contribution in [3.63, 3.8) is 0 Å². The number of nitrogens with one attached hydrogen (secondary N) is 1. The molecule has 0 unspecified atom stereocenters. The quantitative estimate of drug-likeness (QED) is 0.879. The highest BCUT2D eigenvalue weighted by atomic mass is 35.5. The maximum Gasteiger partial charge on any atom is 0.254 e. The summed E-state index contributed by atoms with van der Waals surface area (Å²) in [5, 5.41) is 7.60. The summed E-state index contributed by atoms with van der Waals surface area (Å²) in [4.78, 5) is 26.4. The average molecular weight is 377 g/mol. The van der Waals surface area contributed by atoms with Gasteiger partial charge in [0.05, 0.1) is 11.7 Å². The molecule has 1 N–H and O–H groups in total. The Hall–Kier alpha value is -2.38. The molecule has 2 heterocycles. The summed E-state index contributed by atoms with van der Waals surface area (Å²) >= 11 is 6.27. The Morgan fingerprint density at radius 1 is 1.46 bits per heavy atom. The predicted octanol–water partition coefficient (Wildman–Crippen LogP) is 1.60. The first-order valence-electron chi connectivity index (χ1n) is 8.26. The summed E-state index contributed by atoms with van der Waals surface area (Å²) in [6.07, 6.45) is 1.04. The fourth-order valence-corrected chi connectivity index (χ4v) is 3.34. The third kappa shape index (κ3) is 3.73. The zero-order valence-electron chi connectivity index (χ0n) is 14.9. The van der Waals surface area contributed by atoms with Crippen molar-refractivity contribution in [2.45, 2.75) is 25.6 Å². The molecule has 1 fully saturated rings. The standard InChI is InChI=1S/C18H21ClN4O3/c1-11-12(9-23(3)21-11)8-22(2)18(25)17-16(20-15(24)10-26-17)13-6-4-5-7-14(13)19/h4-7,9,16-17H,8,10H2,1-3H3,(H,20,24)/t16-,17+/m1/s1. The Morgan fingerprint density at radius 2 is 2.19 bits per heavy atom. The van der Waals surface area contributed by atoms with E-state index in [0.717, 1.165) is 11.3 Å². The van der Waals surface area contributed by atoms with E-state index in [0.29, 0.717) is 17.1 Å². The third-order valence-corrected chi connectivity index (χ3v) is 4.74. The number of rotatable bonds is 4. The van der Waals surface area contributed by atoms with Crippen molar-refractivity contribution in [2.75, 3.05) is 13.7 Å². The number of morpholine rings is 1. The number of hydrogen-bond donors (Lipinski definition) is 1. The number of hydrogen-bond acceptors (Lipinski definition) is 4. The molecular weight excluding hydrogens is 356 g/mol. The number of nitrogens with zero attached hydrogens (tertiary/aromatic N) is 3. The van der Waals surface area contributed by atoms with E-state index in [1.807, 2.05) is 26.2 Å². The molecule has 26 heavy (non-hydrogen) atoms. The van der Waals surface area contributed by atoms with Gasteiger partial charge in [-0.25, -0.2) is 0 Å². The van der Waals surface area contributed by atoms with E-state index in [2.05, 4.69) is 10.4 Å². The number of aryl methyl sites for hydroxylation is 2. The van der Waals surface area contributed by atoms with Gasteiger partial charge in [-0.2, -0.15) is 5.10 Å². The molecule has 0 bridgehead atoms. The van der Waals surface area contributed by atoms with Gasteiger partial charge in [0.1, 0.15) is 6.61 Å². The first-order valence-corrected chi connectivity index (χ1v) is 8.64. The maximum atomic E-state index is 13.0. The Morgan fingerprint density at radius 3 is 2.85 bits per heavy atom. The van der Waals surface area contributed by atoms with Gasteiger partial charge in [0.15, 0.2) is 6.10 Å². The molecule has 1 aromatic heterocycles. The van der Waals surface area contributed by atoms with E-state index in [4.69, 9.17) is 16.3 Å². The second-order valence-electron chi connectivity index (χ2n) is 6.41. The zero-order valence-corrected chi connectivity index (χ0v) is 15.7. The Kier molecular flexibility index (Phi) is 5.29. The first kappa shape index (κ1) is 18.4. The maximum absolute atomic E-state index is 13.0. The number of carbonyl (C=O) groups excluding carboxylic acids is 2. The van der Waals surface area contributed by atoms with Gasteiger partial charge < -0.3 is 15.0 Å². The van der Waals surface area contributed by atoms with Crippen LogP contribution in [0.2, 0.25) is 5.02 Å². The van der Waals surface area contributed by atoms with Gasteiger partial charge in [0.25, 0.3) is 5.91 Å². The predicted molar refractivity (Wildman–Crippen MR) is 96.5 cm³/mol. The summed E-state index contributed by atoms with van der Waals surface area (Å²) in [5.74, 6) is -0.497. The number of halogens is 1. The zero-order chi connectivity index (χ0) is 18.8. The molecule has 8 heteroatoms. The lowest BCUT2D eigenvalue weighted by Gasteiger charge is -2.34. The SMILES string of the molecule is Cc1nn(C)cc1CN(C)C(=O)[C@H]1OCC(=O)N[C@@H]1c1ccccc1Cl. The fraction of sp³-hybridized carbons (Fsp3) is 0.389. The molecule has 0 aliphatic carbocycles. The van der Waals surface area contributed by atoms with Crippen LogP contribution in [0.25, 0.3) is 0 Å². The number of carbonyl (C=O) groups is 2. The van der Waals surface area contributed by atoms with E-state index < -0.39 is 12.1 Å². The topological polar surface area (TPSA) is 76.5 Å². The van der Waals surface area contributed by atoms with Crippen LogP contribution in [0.5, 0.6) is 0 Å². The van der Waals surface area contributed by atoms with E-state index in [1.54, 1.807) is 34.8 Å². The van der Waals surface area contributed by atoms with Crippen molar-refractivity contribution in [2.24, 2.45) is 7.05 Å². The molecule has 2 amide bonds. The van der Waals surface area contributed by atoms with Crippen LogP contribution in [-0.2, 0) is 27.9 Å². The van der Waals surface area contributed by atoms with Crippen LogP contribution in [-0.4, -0.2) is 46.3 Å². The van der Waals surface area contributed by atoms with Crippen molar-refractivity contribution in [3.05, 3.63) is 52.3 Å². The van der Waals surface area contributed by atoms with Gasteiger partial charge in [0, 0.05) is 37.4 Å². The highest BCUT2D eigenvalue weighted by Crippen LogP contribution is 2.29. The Balaban J connectivity index is 1.82. The lowest BCUT2D eigenvalue weighted by atomic mass is 9.98. The van der Waals surface area contributed by atoms with E-state index in [9.17, 15) is 9.59 Å². The Labute approximate surface area is 156 Å². The normalized spacial score (nSPS) is 19.9. The van der Waals surface area contributed by atoms with E-state index >= 15 is 0 Å². The minimum Gasteiger partial charge on any atom is -0.356 e. The molecule has 0 saturated carbocycles. The minimum atomic E-state index is -0.838. The average Bonchev–Trinajstić information content (AvgIpc) is 2.91. The number of ether oxygens (including phenoxy) is 1. The Bertz CT molecular complexity index is 836. The summed E-state index contributed by atoms with van der Waals surface area (Å²) in [5.41, 5.74) is 2.48. The monoisotopic (exact) mass is 376 g/mol. The van der Waals surface area contributed by atoms with Crippen LogP contribution < -0.4 is 5.32 Å². The van der Waals surface area contributed by atoms with Crippen LogP contribution in [0.4, 0.5) is 0 Å². The van der Waals surface area contributed by atoms with Crippen LogP contribution in [0, 0.1) is 6.92 Å². The van der Waals surface area contributed by atoms with Crippen molar-refractivity contribution in [1.82, 2.24) is 20.0 Å². The molecule has 1 aromatic carbocycles. The van der Waals surface area contributed by atoms with Crippen molar-refractivity contribution in [3.8, 4) is 0 Å². The number of amides is 2. The highest BCUT2D eigenvalue weighted by molar-refractivity contribution is 6.31. The van der Waals surface area contributed by atoms with Gasteiger partial charge in [-0.3, -0.25) is 14.3 Å². The van der Waals surface area contributed by atoms with Crippen LogP contribution in [0.15, 0.2) is 30.5 Å². The van der Waals surface area contributed by atoms with Gasteiger partial charge in [0.2, 0.25) is 5.91 Å². The minimum absolute atomic E-state index is 0.156. The summed E-state index contributed by atoms with van der Waals surface area (Å²) < 4.78 is 7.30. The van der Waals surface area contributed by atoms with Crippen LogP contribution in [0.3, 0.4) is 0 Å². The molecule has 2 atom stereocenters. The molecule has 1 aliphatic rings. The van der Waals surface area contributed by atoms with Crippen LogP contribution >= 0.6 is 11.6 Å². The first-order chi connectivity index (χ1) is 12.4. The molecule has 1 saturated heterocycles. The summed E-state index contributed by atoms with van der Waals surface area (Å²) in [6, 6.07) is 6.49. The molecule has 0 radical (unpaired) electrons. The second kappa shape index (κ2) is 7.47. The van der Waals surface area contributed by atoms with Crippen molar-refractivity contribution < 1.29 is 14.3 Å². The fourth-order valence-electron chi connectivity index (χ4n) is 3.09. The van der Waals surface area contributed by atoms with Crippen molar-refractivity contribution >= 4 is 23.4 Å². The molecule has 0 spiro atoms. The lowest BCUT2D eigenvalue weighted by molar-refractivity contribution is -0.154. The smallest absolute Gasteiger partial charge is 0.254 e. The van der Waals surface area contributed by atoms with E-state index in [1.165, 1.54) is 0 Å². The molecule has 138 valence electrons. The van der Waals surface area contributed by atoms with Gasteiger partial charge in [-0.1, -0.05) is 29.8 Å². The summed E-state index contributed by atoms with van der Waals surface area (Å²) in [7, 11) is 3.55. The molecular formula is C18H21ClN4O3. The molecule has 3 rings (SSSR count). The van der Waals surface area contributed by atoms with Crippen LogP contribution in [0.1, 0.15) is 22.9 Å². The van der Waals surface area contributed by atoms with E-state index in [-0.39, 0.29) is 18.4 Å². The molecule has 2 aromatic rings. The number of benzene rings is 1. The van der Waals surface area contributed by atoms with Gasteiger partial charge in [-0.05, 0) is 18.6 Å². The summed E-state index contributed by atoms with van der Waals surface area (Å²) in [6.45, 7) is 2.15. The highest BCUT2D eigenvalue weighted by Gasteiger charge is 2.38. The lowest BCUT2D eigenvalue weighted by Crippen LogP contribution is -2.52. The van der Waals surface area contributed by atoms with Crippen molar-refractivity contribution in [1.29, 1.82) is 0 Å².